The average Bonchev–Trinajstić information content (AvgIpc) is 2.48. The normalized spacial score (nSPS) is 12.4. The molecular weight excluding hydrogens is 350 g/mol. The fraction of sp³-hybridized carbons (Fsp3) is 0.294. The number of rotatable bonds is 6. The summed E-state index contributed by atoms with van der Waals surface area (Å²) in [7, 11) is 2.09. The highest BCUT2D eigenvalue weighted by Gasteiger charge is 2.11. The Balaban J connectivity index is 1.84. The van der Waals surface area contributed by atoms with Gasteiger partial charge >= 0.3 is 0 Å². The molecule has 1 atom stereocenters. The van der Waals surface area contributed by atoms with E-state index in [0.29, 0.717) is 12.6 Å². The van der Waals surface area contributed by atoms with Gasteiger partial charge in [-0.25, -0.2) is 0 Å². The largest absolute Gasteiger partial charge is 0.492 e. The Morgan fingerprint density at radius 3 is 2.57 bits per heavy atom. The van der Waals surface area contributed by atoms with Gasteiger partial charge in [-0.2, -0.15) is 0 Å². The van der Waals surface area contributed by atoms with Gasteiger partial charge < -0.3 is 4.74 Å². The molecule has 0 aliphatic carbocycles. The second-order valence-corrected chi connectivity index (χ2v) is 6.37. The van der Waals surface area contributed by atoms with E-state index in [1.54, 1.807) is 0 Å². The van der Waals surface area contributed by atoms with Crippen molar-refractivity contribution in [2.24, 2.45) is 0 Å². The quantitative estimate of drug-likeness (QED) is 0.697. The lowest BCUT2D eigenvalue weighted by Gasteiger charge is -2.25. The molecule has 4 heteroatoms. The van der Waals surface area contributed by atoms with E-state index >= 15 is 0 Å². The van der Waals surface area contributed by atoms with E-state index in [4.69, 9.17) is 16.3 Å². The summed E-state index contributed by atoms with van der Waals surface area (Å²) < 4.78 is 6.81. The molecule has 0 heterocycles. The molecule has 0 aromatic heterocycles. The minimum Gasteiger partial charge on any atom is -0.492 e. The molecule has 2 aromatic carbocycles. The number of nitrogens with zero attached hydrogens (tertiary/aromatic N) is 1. The Labute approximate surface area is 139 Å². The number of hydrogen-bond donors (Lipinski definition) is 0. The first-order chi connectivity index (χ1) is 10.1. The predicted octanol–water partition coefficient (Wildman–Crippen LogP) is 5.17. The highest BCUT2D eigenvalue weighted by molar-refractivity contribution is 9.10. The van der Waals surface area contributed by atoms with Gasteiger partial charge in [0.1, 0.15) is 12.4 Å². The van der Waals surface area contributed by atoms with Gasteiger partial charge in [-0.05, 0) is 55.9 Å². The van der Waals surface area contributed by atoms with Crippen LogP contribution in [0.25, 0.3) is 0 Å². The Hall–Kier alpha value is -1.03. The molecule has 0 saturated carbocycles. The van der Waals surface area contributed by atoms with Gasteiger partial charge in [-0.3, -0.25) is 4.90 Å². The van der Waals surface area contributed by atoms with E-state index in [1.807, 2.05) is 42.5 Å². The molecule has 2 rings (SSSR count). The topological polar surface area (TPSA) is 12.5 Å². The molecule has 0 aliphatic heterocycles. The van der Waals surface area contributed by atoms with Crippen LogP contribution in [0.5, 0.6) is 5.75 Å². The highest BCUT2D eigenvalue weighted by Crippen LogP contribution is 2.22. The fourth-order valence-corrected chi connectivity index (χ4v) is 2.52. The van der Waals surface area contributed by atoms with E-state index in [0.717, 1.165) is 21.8 Å². The van der Waals surface area contributed by atoms with Crippen LogP contribution in [-0.4, -0.2) is 25.1 Å². The maximum atomic E-state index is 6.04. The van der Waals surface area contributed by atoms with Crippen molar-refractivity contribution in [3.63, 3.8) is 0 Å². The van der Waals surface area contributed by atoms with Crippen LogP contribution in [0.4, 0.5) is 0 Å². The summed E-state index contributed by atoms with van der Waals surface area (Å²) in [6, 6.07) is 16.2. The molecule has 0 amide bonds. The van der Waals surface area contributed by atoms with E-state index in [2.05, 4.69) is 40.9 Å². The SMILES string of the molecule is CC(c1cccc(Cl)c1)N(C)CCOc1ccc(Br)cc1. The first kappa shape index (κ1) is 16.3. The van der Waals surface area contributed by atoms with Crippen molar-refractivity contribution in [3.05, 3.63) is 63.6 Å². The van der Waals surface area contributed by atoms with Crippen molar-refractivity contribution in [2.75, 3.05) is 20.2 Å². The van der Waals surface area contributed by atoms with Crippen molar-refractivity contribution < 1.29 is 4.74 Å². The standard InChI is InChI=1S/C17H19BrClNO/c1-13(14-4-3-5-16(19)12-14)20(2)10-11-21-17-8-6-15(18)7-9-17/h3-9,12-13H,10-11H2,1-2H3. The smallest absolute Gasteiger partial charge is 0.119 e. The molecule has 112 valence electrons. The monoisotopic (exact) mass is 367 g/mol. The van der Waals surface area contributed by atoms with E-state index in [-0.39, 0.29) is 0 Å². The van der Waals surface area contributed by atoms with Gasteiger partial charge in [0.25, 0.3) is 0 Å². The Morgan fingerprint density at radius 2 is 1.90 bits per heavy atom. The minimum absolute atomic E-state index is 0.303. The molecule has 0 fully saturated rings. The maximum Gasteiger partial charge on any atom is 0.119 e. The van der Waals surface area contributed by atoms with Crippen LogP contribution in [0.3, 0.4) is 0 Å². The van der Waals surface area contributed by atoms with Crippen molar-refractivity contribution in [1.29, 1.82) is 0 Å². The zero-order valence-corrected chi connectivity index (χ0v) is 14.6. The molecule has 0 radical (unpaired) electrons. The first-order valence-electron chi connectivity index (χ1n) is 6.90. The molecular formula is C17H19BrClNO. The second-order valence-electron chi connectivity index (χ2n) is 5.01. The molecule has 0 aliphatic rings. The summed E-state index contributed by atoms with van der Waals surface area (Å²) in [4.78, 5) is 2.25. The maximum absolute atomic E-state index is 6.04. The Morgan fingerprint density at radius 1 is 1.19 bits per heavy atom. The fourth-order valence-electron chi connectivity index (χ4n) is 2.05. The van der Waals surface area contributed by atoms with Crippen LogP contribution in [0.15, 0.2) is 53.0 Å². The van der Waals surface area contributed by atoms with Crippen LogP contribution in [0.1, 0.15) is 18.5 Å². The molecule has 2 nitrogen and oxygen atoms in total. The summed E-state index contributed by atoms with van der Waals surface area (Å²) in [5, 5.41) is 0.777. The molecule has 0 spiro atoms. The van der Waals surface area contributed by atoms with Crippen LogP contribution < -0.4 is 4.74 Å². The van der Waals surface area contributed by atoms with Crippen LogP contribution in [0, 0.1) is 0 Å². The third kappa shape index (κ3) is 5.03. The molecule has 0 N–H and O–H groups in total. The number of ether oxygens (including phenoxy) is 1. The van der Waals surface area contributed by atoms with Crippen molar-refractivity contribution in [1.82, 2.24) is 4.90 Å². The third-order valence-electron chi connectivity index (χ3n) is 3.52. The number of likely N-dealkylation sites (N-methyl/N-ethyl adjacent to an activating group) is 1. The molecule has 1 unspecified atom stereocenters. The lowest BCUT2D eigenvalue weighted by Crippen LogP contribution is -2.27. The van der Waals surface area contributed by atoms with Crippen molar-refractivity contribution in [3.8, 4) is 5.75 Å². The summed E-state index contributed by atoms with van der Waals surface area (Å²) in [5.74, 6) is 0.891. The Bertz CT molecular complexity index is 573. The highest BCUT2D eigenvalue weighted by atomic mass is 79.9. The molecule has 21 heavy (non-hydrogen) atoms. The number of benzene rings is 2. The number of halogens is 2. The van der Waals surface area contributed by atoms with Crippen LogP contribution >= 0.6 is 27.5 Å². The molecule has 2 aromatic rings. The molecule has 0 saturated heterocycles. The van der Waals surface area contributed by atoms with Gasteiger partial charge in [0, 0.05) is 22.1 Å². The average molecular weight is 369 g/mol. The van der Waals surface area contributed by atoms with E-state index in [1.165, 1.54) is 5.56 Å². The van der Waals surface area contributed by atoms with E-state index in [9.17, 15) is 0 Å². The zero-order chi connectivity index (χ0) is 15.2. The van der Waals surface area contributed by atoms with Gasteiger partial charge in [0.15, 0.2) is 0 Å². The first-order valence-corrected chi connectivity index (χ1v) is 8.07. The van der Waals surface area contributed by atoms with Gasteiger partial charge in [0.05, 0.1) is 0 Å². The van der Waals surface area contributed by atoms with Gasteiger partial charge in [-0.15, -0.1) is 0 Å². The summed E-state index contributed by atoms with van der Waals surface area (Å²) >= 11 is 9.46. The predicted molar refractivity (Wildman–Crippen MR) is 92.1 cm³/mol. The number of hydrogen-bond acceptors (Lipinski definition) is 2. The summed E-state index contributed by atoms with van der Waals surface area (Å²) in [6.45, 7) is 3.68. The van der Waals surface area contributed by atoms with Crippen molar-refractivity contribution in [2.45, 2.75) is 13.0 Å². The lowest BCUT2D eigenvalue weighted by atomic mass is 10.1. The van der Waals surface area contributed by atoms with Gasteiger partial charge in [0.2, 0.25) is 0 Å². The van der Waals surface area contributed by atoms with Crippen molar-refractivity contribution >= 4 is 27.5 Å². The zero-order valence-electron chi connectivity index (χ0n) is 12.2. The summed E-state index contributed by atoms with van der Waals surface area (Å²) in [5.41, 5.74) is 1.22. The van der Waals surface area contributed by atoms with Gasteiger partial charge in [-0.1, -0.05) is 39.7 Å². The van der Waals surface area contributed by atoms with Crippen LogP contribution in [-0.2, 0) is 0 Å². The van der Waals surface area contributed by atoms with Crippen LogP contribution in [0.2, 0.25) is 5.02 Å². The molecule has 0 bridgehead atoms. The minimum atomic E-state index is 0.303. The second kappa shape index (κ2) is 7.83. The van der Waals surface area contributed by atoms with E-state index < -0.39 is 0 Å². The third-order valence-corrected chi connectivity index (χ3v) is 4.28. The summed E-state index contributed by atoms with van der Waals surface area (Å²) in [6.07, 6.45) is 0. The lowest BCUT2D eigenvalue weighted by molar-refractivity contribution is 0.201. The Kier molecular flexibility index (Phi) is 6.09.